The second kappa shape index (κ2) is 12.4. The molecule has 0 aliphatic rings. The molecule has 0 saturated carbocycles. The summed E-state index contributed by atoms with van der Waals surface area (Å²) in [4.78, 5) is 23.4. The third-order valence-electron chi connectivity index (χ3n) is 0.307. The van der Waals surface area contributed by atoms with Gasteiger partial charge in [-0.05, 0) is 0 Å². The standard InChI is InChI=1S/C2F2O4.BH3O3.K.H/c3-7-1(5)2(6)8-4;2-1(3)4;;/h;2-4H;;. The fraction of sp³-hybridized carbons (Fsp3) is 0. The van der Waals surface area contributed by atoms with E-state index in [1.54, 1.807) is 0 Å². The third kappa shape index (κ3) is 19.0. The van der Waals surface area contributed by atoms with Gasteiger partial charge in [0.15, 0.2) is 0 Å². The van der Waals surface area contributed by atoms with Gasteiger partial charge in [0.25, 0.3) is 0 Å². The Morgan fingerprint density at radius 3 is 1.23 bits per heavy atom. The molecule has 0 aromatic carbocycles. The van der Waals surface area contributed by atoms with Crippen LogP contribution in [0.4, 0.5) is 9.05 Å². The molecule has 0 saturated heterocycles. The number of halogens is 2. The summed E-state index contributed by atoms with van der Waals surface area (Å²) in [6.45, 7) is 0. The zero-order valence-corrected chi connectivity index (χ0v) is 5.31. The van der Waals surface area contributed by atoms with E-state index < -0.39 is 19.3 Å². The third-order valence-corrected chi connectivity index (χ3v) is 0.307. The monoisotopic (exact) mass is 228 g/mol. The van der Waals surface area contributed by atoms with E-state index >= 15 is 0 Å². The first-order valence-corrected chi connectivity index (χ1v) is 2.15. The predicted octanol–water partition coefficient (Wildman–Crippen LogP) is -2.86. The summed E-state index contributed by atoms with van der Waals surface area (Å²) in [5, 5.41) is 21.5. The van der Waals surface area contributed by atoms with Gasteiger partial charge in [0.1, 0.15) is 0 Å². The summed E-state index contributed by atoms with van der Waals surface area (Å²) in [5.74, 6) is -4.04. The van der Waals surface area contributed by atoms with Gasteiger partial charge in [-0.2, -0.15) is 0 Å². The summed E-state index contributed by atoms with van der Waals surface area (Å²) >= 11 is 0. The van der Waals surface area contributed by atoms with Crippen molar-refractivity contribution in [3.05, 3.63) is 0 Å². The first-order valence-electron chi connectivity index (χ1n) is 2.15. The van der Waals surface area contributed by atoms with Crippen LogP contribution in [-0.4, -0.2) is 85.7 Å². The molecule has 0 heterocycles. The van der Waals surface area contributed by atoms with Crippen LogP contribution in [0.3, 0.4) is 0 Å². The molecule has 0 aliphatic heterocycles. The second-order valence-electron chi connectivity index (χ2n) is 1.08. The van der Waals surface area contributed by atoms with Gasteiger partial charge in [-0.15, -0.1) is 0 Å². The van der Waals surface area contributed by atoms with Crippen LogP contribution < -0.4 is 0 Å². The van der Waals surface area contributed by atoms with Crippen molar-refractivity contribution >= 4 is 70.6 Å². The second-order valence-corrected chi connectivity index (χ2v) is 1.08. The van der Waals surface area contributed by atoms with E-state index in [0.29, 0.717) is 0 Å². The summed E-state index contributed by atoms with van der Waals surface area (Å²) in [6, 6.07) is 0. The van der Waals surface area contributed by atoms with Gasteiger partial charge in [0, 0.05) is 9.05 Å². The number of carbonyl (C=O) groups excluding carboxylic acids is 2. The van der Waals surface area contributed by atoms with Crippen LogP contribution in [0, 0.1) is 0 Å². The maximum absolute atomic E-state index is 10.5. The van der Waals surface area contributed by atoms with Crippen LogP contribution in [0.5, 0.6) is 0 Å². The van der Waals surface area contributed by atoms with Crippen molar-refractivity contribution in [2.75, 3.05) is 0 Å². The molecule has 0 rings (SSSR count). The number of rotatable bonds is 0. The van der Waals surface area contributed by atoms with Gasteiger partial charge in [-0.3, -0.25) is 0 Å². The predicted molar refractivity (Wildman–Crippen MR) is 34.0 cm³/mol. The van der Waals surface area contributed by atoms with Gasteiger partial charge in [-0.1, -0.05) is 0 Å². The molecule has 7 nitrogen and oxygen atoms in total. The van der Waals surface area contributed by atoms with E-state index in [4.69, 9.17) is 15.1 Å². The van der Waals surface area contributed by atoms with Crippen molar-refractivity contribution in [3.8, 4) is 0 Å². The quantitative estimate of drug-likeness (QED) is 0.302. The SMILES string of the molecule is O=C(OF)C(=O)OF.OB(O)O.[KH]. The zero-order valence-electron chi connectivity index (χ0n) is 5.31. The molecule has 0 atom stereocenters. The minimum absolute atomic E-state index is 0. The molecular formula is C2H4BF2KO7. The topological polar surface area (TPSA) is 113 Å². The van der Waals surface area contributed by atoms with Crippen molar-refractivity contribution in [3.63, 3.8) is 0 Å². The van der Waals surface area contributed by atoms with E-state index in [-0.39, 0.29) is 51.4 Å². The summed E-state index contributed by atoms with van der Waals surface area (Å²) < 4.78 is 21.0. The Bertz CT molecular complexity index is 137. The number of hydrogen-bond donors (Lipinski definition) is 3. The van der Waals surface area contributed by atoms with Crippen LogP contribution >= 0.6 is 0 Å². The van der Waals surface area contributed by atoms with Gasteiger partial charge in [0.05, 0.1) is 0 Å². The molecule has 0 amide bonds. The van der Waals surface area contributed by atoms with E-state index in [1.165, 1.54) is 0 Å². The minimum atomic E-state index is -2.17. The number of hydrogen-bond acceptors (Lipinski definition) is 7. The Hall–Kier alpha value is 0.381. The zero-order chi connectivity index (χ0) is 10.1. The van der Waals surface area contributed by atoms with Crippen LogP contribution in [0.15, 0.2) is 0 Å². The Morgan fingerprint density at radius 1 is 1.00 bits per heavy atom. The summed E-state index contributed by atoms with van der Waals surface area (Å²) in [6.07, 6.45) is 0. The molecule has 72 valence electrons. The molecule has 0 radical (unpaired) electrons. The first-order chi connectivity index (χ1) is 5.45. The number of carbonyl (C=O) groups is 2. The first kappa shape index (κ1) is 19.0. The molecule has 0 fully saturated rings. The average Bonchev–Trinajstić information content (AvgIpc) is 2.00. The molecule has 0 aromatic rings. The van der Waals surface area contributed by atoms with Gasteiger partial charge in [0.2, 0.25) is 0 Å². The molecule has 0 aromatic heterocycles. The van der Waals surface area contributed by atoms with Crippen molar-refractivity contribution in [1.29, 1.82) is 0 Å². The normalized spacial score (nSPS) is 6.85. The van der Waals surface area contributed by atoms with Gasteiger partial charge in [-0.25, -0.2) is 19.5 Å². The van der Waals surface area contributed by atoms with E-state index in [2.05, 4.69) is 9.88 Å². The fourth-order valence-corrected chi connectivity index (χ4v) is 0.0630. The van der Waals surface area contributed by atoms with Crippen LogP contribution in [0.25, 0.3) is 0 Å². The van der Waals surface area contributed by atoms with E-state index in [9.17, 15) is 18.6 Å². The molecule has 0 unspecified atom stereocenters. The maximum atomic E-state index is 10.5. The molecule has 11 heteroatoms. The molecule has 0 spiro atoms. The Morgan fingerprint density at radius 2 is 1.15 bits per heavy atom. The summed E-state index contributed by atoms with van der Waals surface area (Å²) in [5.41, 5.74) is 0. The van der Waals surface area contributed by atoms with Crippen molar-refractivity contribution in [2.24, 2.45) is 0 Å². The Kier molecular flexibility index (Phi) is 18.1. The molecule has 0 aliphatic carbocycles. The van der Waals surface area contributed by atoms with Crippen molar-refractivity contribution < 1.29 is 43.6 Å². The van der Waals surface area contributed by atoms with Gasteiger partial charge < -0.3 is 15.1 Å². The average molecular weight is 228 g/mol. The molecule has 0 bridgehead atoms. The van der Waals surface area contributed by atoms with Crippen molar-refractivity contribution in [1.82, 2.24) is 0 Å². The Labute approximate surface area is 113 Å². The Balaban J connectivity index is -0.000000173. The fourth-order valence-electron chi connectivity index (χ4n) is 0.0630. The van der Waals surface area contributed by atoms with Crippen LogP contribution in [0.1, 0.15) is 0 Å². The van der Waals surface area contributed by atoms with E-state index in [0.717, 1.165) is 0 Å². The molecule has 3 N–H and O–H groups in total. The molecular weight excluding hydrogens is 224 g/mol. The van der Waals surface area contributed by atoms with Crippen LogP contribution in [-0.2, 0) is 19.5 Å². The van der Waals surface area contributed by atoms with Crippen molar-refractivity contribution in [2.45, 2.75) is 0 Å². The summed E-state index contributed by atoms with van der Waals surface area (Å²) in [7, 11) is -2.17. The van der Waals surface area contributed by atoms with Crippen LogP contribution in [0.2, 0.25) is 0 Å². The molecule has 13 heavy (non-hydrogen) atoms. The van der Waals surface area contributed by atoms with Gasteiger partial charge >= 0.3 is 70.6 Å². The van der Waals surface area contributed by atoms with E-state index in [1.807, 2.05) is 0 Å².